The van der Waals surface area contributed by atoms with Gasteiger partial charge in [-0.3, -0.25) is 4.72 Å². The largest absolute Gasteiger partial charge is 0.325 e. The van der Waals surface area contributed by atoms with Crippen LogP contribution in [0.15, 0.2) is 59.5 Å². The van der Waals surface area contributed by atoms with Gasteiger partial charge in [0.25, 0.3) is 10.0 Å². The third-order valence-electron chi connectivity index (χ3n) is 3.56. The Balaban J connectivity index is 2.05. The van der Waals surface area contributed by atoms with Crippen LogP contribution in [0.1, 0.15) is 11.3 Å². The van der Waals surface area contributed by atoms with Gasteiger partial charge in [0, 0.05) is 11.9 Å². The summed E-state index contributed by atoms with van der Waals surface area (Å²) in [7, 11) is -3.66. The quantitative estimate of drug-likeness (QED) is 0.771. The minimum atomic E-state index is -3.66. The number of hydrogen-bond donors (Lipinski definition) is 2. The van der Waals surface area contributed by atoms with Crippen molar-refractivity contribution >= 4 is 26.6 Å². The summed E-state index contributed by atoms with van der Waals surface area (Å²) in [6.45, 7) is 2.21. The summed E-state index contributed by atoms with van der Waals surface area (Å²) in [5.74, 6) is 0. The minimum Gasteiger partial charge on any atom is -0.325 e. The summed E-state index contributed by atoms with van der Waals surface area (Å²) in [5, 5.41) is 0.853. The van der Waals surface area contributed by atoms with E-state index < -0.39 is 10.0 Å². The van der Waals surface area contributed by atoms with E-state index in [9.17, 15) is 8.42 Å². The van der Waals surface area contributed by atoms with E-state index in [0.29, 0.717) is 23.4 Å². The first-order valence-electron chi connectivity index (χ1n) is 7.18. The van der Waals surface area contributed by atoms with Crippen LogP contribution in [-0.4, -0.2) is 13.4 Å². The Bertz CT molecular complexity index is 951. The fourth-order valence-corrected chi connectivity index (χ4v) is 3.37. The monoisotopic (exact) mass is 327 g/mol. The standard InChI is InChI=1S/C17H17N3O2S/c1-12-5-9-15(10-6-12)23(21,22)20-16-4-2-3-13-7-8-14(11-18)19-17(13)16/h2-10,20H,11,18H2,1H3. The summed E-state index contributed by atoms with van der Waals surface area (Å²) in [6, 6.07) is 15.8. The third-order valence-corrected chi connectivity index (χ3v) is 4.94. The number of rotatable bonds is 4. The van der Waals surface area contributed by atoms with Crippen molar-refractivity contribution in [2.24, 2.45) is 5.73 Å². The number of sulfonamides is 1. The molecule has 0 radical (unpaired) electrons. The first-order chi connectivity index (χ1) is 11.0. The zero-order valence-corrected chi connectivity index (χ0v) is 13.5. The molecule has 6 heteroatoms. The second-order valence-corrected chi connectivity index (χ2v) is 6.98. The number of aromatic nitrogens is 1. The maximum atomic E-state index is 12.5. The van der Waals surface area contributed by atoms with Crippen LogP contribution in [0.25, 0.3) is 10.9 Å². The smallest absolute Gasteiger partial charge is 0.261 e. The lowest BCUT2D eigenvalue weighted by Gasteiger charge is -2.11. The van der Waals surface area contributed by atoms with E-state index in [1.54, 1.807) is 36.4 Å². The summed E-state index contributed by atoms with van der Waals surface area (Å²) in [5.41, 5.74) is 8.37. The fraction of sp³-hybridized carbons (Fsp3) is 0.118. The molecule has 0 saturated heterocycles. The van der Waals surface area contributed by atoms with E-state index in [4.69, 9.17) is 5.73 Å². The highest BCUT2D eigenvalue weighted by molar-refractivity contribution is 7.92. The molecule has 3 aromatic rings. The SMILES string of the molecule is Cc1ccc(S(=O)(=O)Nc2cccc3ccc(CN)nc23)cc1. The van der Waals surface area contributed by atoms with Crippen molar-refractivity contribution in [1.82, 2.24) is 4.98 Å². The Labute approximate surface area is 135 Å². The number of anilines is 1. The summed E-state index contributed by atoms with van der Waals surface area (Å²) >= 11 is 0. The van der Waals surface area contributed by atoms with Gasteiger partial charge in [-0.15, -0.1) is 0 Å². The van der Waals surface area contributed by atoms with Gasteiger partial charge < -0.3 is 5.73 Å². The molecular weight excluding hydrogens is 310 g/mol. The molecule has 3 rings (SSSR count). The molecule has 0 bridgehead atoms. The Morgan fingerprint density at radius 1 is 1.04 bits per heavy atom. The van der Waals surface area contributed by atoms with Gasteiger partial charge in [-0.05, 0) is 31.2 Å². The van der Waals surface area contributed by atoms with E-state index in [2.05, 4.69) is 9.71 Å². The minimum absolute atomic E-state index is 0.218. The van der Waals surface area contributed by atoms with Crippen LogP contribution in [0.2, 0.25) is 0 Å². The molecule has 2 aromatic carbocycles. The van der Waals surface area contributed by atoms with Crippen LogP contribution in [0.5, 0.6) is 0 Å². The number of benzene rings is 2. The molecule has 23 heavy (non-hydrogen) atoms. The van der Waals surface area contributed by atoms with Crippen LogP contribution in [0, 0.1) is 6.92 Å². The van der Waals surface area contributed by atoms with Gasteiger partial charge in [-0.1, -0.05) is 35.9 Å². The Morgan fingerprint density at radius 2 is 1.78 bits per heavy atom. The number of aryl methyl sites for hydroxylation is 1. The van der Waals surface area contributed by atoms with Gasteiger partial charge in [0.1, 0.15) is 0 Å². The molecule has 0 aliphatic heterocycles. The van der Waals surface area contributed by atoms with Gasteiger partial charge in [0.2, 0.25) is 0 Å². The van der Waals surface area contributed by atoms with Crippen molar-refractivity contribution in [3.05, 3.63) is 65.9 Å². The molecule has 0 fully saturated rings. The van der Waals surface area contributed by atoms with Crippen molar-refractivity contribution in [2.45, 2.75) is 18.4 Å². The third kappa shape index (κ3) is 3.18. The highest BCUT2D eigenvalue weighted by Crippen LogP contribution is 2.24. The molecule has 3 N–H and O–H groups in total. The number of para-hydroxylation sites is 1. The fourth-order valence-electron chi connectivity index (χ4n) is 2.30. The molecular formula is C17H17N3O2S. The average molecular weight is 327 g/mol. The molecule has 0 atom stereocenters. The zero-order valence-electron chi connectivity index (χ0n) is 12.7. The molecule has 0 unspecified atom stereocenters. The Morgan fingerprint density at radius 3 is 2.48 bits per heavy atom. The summed E-state index contributed by atoms with van der Waals surface area (Å²) in [6.07, 6.45) is 0. The molecule has 0 aliphatic rings. The lowest BCUT2D eigenvalue weighted by molar-refractivity contribution is 0.601. The first-order valence-corrected chi connectivity index (χ1v) is 8.66. The Kier molecular flexibility index (Phi) is 4.02. The van der Waals surface area contributed by atoms with Crippen molar-refractivity contribution in [1.29, 1.82) is 0 Å². The van der Waals surface area contributed by atoms with Gasteiger partial charge in [0.15, 0.2) is 0 Å². The van der Waals surface area contributed by atoms with E-state index in [-0.39, 0.29) is 4.90 Å². The maximum Gasteiger partial charge on any atom is 0.261 e. The predicted octanol–water partition coefficient (Wildman–Crippen LogP) is 2.80. The normalized spacial score (nSPS) is 11.6. The molecule has 5 nitrogen and oxygen atoms in total. The molecule has 0 aliphatic carbocycles. The van der Waals surface area contributed by atoms with Crippen molar-refractivity contribution in [2.75, 3.05) is 4.72 Å². The average Bonchev–Trinajstić information content (AvgIpc) is 2.55. The van der Waals surface area contributed by atoms with E-state index in [0.717, 1.165) is 10.9 Å². The van der Waals surface area contributed by atoms with Crippen LogP contribution < -0.4 is 10.5 Å². The second-order valence-electron chi connectivity index (χ2n) is 5.30. The van der Waals surface area contributed by atoms with Crippen LogP contribution in [-0.2, 0) is 16.6 Å². The zero-order chi connectivity index (χ0) is 16.4. The van der Waals surface area contributed by atoms with E-state index in [1.165, 1.54) is 0 Å². The Hall–Kier alpha value is -2.44. The van der Waals surface area contributed by atoms with Gasteiger partial charge in [-0.2, -0.15) is 0 Å². The van der Waals surface area contributed by atoms with Crippen LogP contribution in [0.3, 0.4) is 0 Å². The maximum absolute atomic E-state index is 12.5. The lowest BCUT2D eigenvalue weighted by atomic mass is 10.2. The molecule has 0 saturated carbocycles. The van der Waals surface area contributed by atoms with Crippen molar-refractivity contribution < 1.29 is 8.42 Å². The second kappa shape index (κ2) is 5.98. The van der Waals surface area contributed by atoms with Gasteiger partial charge >= 0.3 is 0 Å². The number of nitrogens with two attached hydrogens (primary N) is 1. The van der Waals surface area contributed by atoms with Crippen molar-refractivity contribution in [3.8, 4) is 0 Å². The van der Waals surface area contributed by atoms with Gasteiger partial charge in [0.05, 0.1) is 21.8 Å². The first kappa shape index (κ1) is 15.5. The molecule has 1 aromatic heterocycles. The summed E-state index contributed by atoms with van der Waals surface area (Å²) < 4.78 is 27.7. The predicted molar refractivity (Wildman–Crippen MR) is 91.6 cm³/mol. The highest BCUT2D eigenvalue weighted by Gasteiger charge is 2.15. The molecule has 118 valence electrons. The van der Waals surface area contributed by atoms with Crippen molar-refractivity contribution in [3.63, 3.8) is 0 Å². The number of pyridine rings is 1. The molecule has 1 heterocycles. The summed E-state index contributed by atoms with van der Waals surface area (Å²) in [4.78, 5) is 4.65. The van der Waals surface area contributed by atoms with Gasteiger partial charge in [-0.25, -0.2) is 13.4 Å². The molecule has 0 amide bonds. The van der Waals surface area contributed by atoms with E-state index in [1.807, 2.05) is 25.1 Å². The highest BCUT2D eigenvalue weighted by atomic mass is 32.2. The number of nitrogens with zero attached hydrogens (tertiary/aromatic N) is 1. The lowest BCUT2D eigenvalue weighted by Crippen LogP contribution is -2.13. The van der Waals surface area contributed by atoms with Crippen LogP contribution in [0.4, 0.5) is 5.69 Å². The van der Waals surface area contributed by atoms with E-state index >= 15 is 0 Å². The number of nitrogens with one attached hydrogen (secondary N) is 1. The molecule has 0 spiro atoms. The van der Waals surface area contributed by atoms with Crippen LogP contribution >= 0.6 is 0 Å². The topological polar surface area (TPSA) is 85.1 Å². The number of fused-ring (bicyclic) bond motifs is 1. The number of hydrogen-bond acceptors (Lipinski definition) is 4.